The van der Waals surface area contributed by atoms with Gasteiger partial charge in [0.1, 0.15) is 0 Å². The van der Waals surface area contributed by atoms with Gasteiger partial charge in [-0.2, -0.15) is 11.8 Å². The Kier molecular flexibility index (Phi) is 6.69. The van der Waals surface area contributed by atoms with Gasteiger partial charge in [0.05, 0.1) is 5.75 Å². The Morgan fingerprint density at radius 2 is 2.00 bits per heavy atom. The largest absolute Gasteiger partial charge is 0.369 e. The summed E-state index contributed by atoms with van der Waals surface area (Å²) in [5.74, 6) is 0.572. The number of rotatable bonds is 8. The van der Waals surface area contributed by atoms with E-state index in [1.807, 2.05) is 0 Å². The molecule has 0 fully saturated rings. The second-order valence-electron chi connectivity index (χ2n) is 6.80. The van der Waals surface area contributed by atoms with Crippen molar-refractivity contribution in [2.45, 2.75) is 38.8 Å². The molecule has 2 amide bonds. The molecule has 0 unspecified atom stereocenters. The molecule has 0 atom stereocenters. The van der Waals surface area contributed by atoms with Crippen molar-refractivity contribution in [2.75, 3.05) is 24.6 Å². The second-order valence-corrected chi connectivity index (χ2v) is 7.90. The molecule has 1 aliphatic heterocycles. The minimum Gasteiger partial charge on any atom is -0.369 e. The summed E-state index contributed by atoms with van der Waals surface area (Å²) in [5, 5.41) is 3.02. The summed E-state index contributed by atoms with van der Waals surface area (Å²) in [6.45, 7) is 6.89. The normalized spacial score (nSPS) is 14.9. The van der Waals surface area contributed by atoms with Crippen LogP contribution in [0.25, 0.3) is 0 Å². The van der Waals surface area contributed by atoms with E-state index in [1.165, 1.54) is 22.9 Å². The van der Waals surface area contributed by atoms with E-state index in [-0.39, 0.29) is 23.1 Å². The van der Waals surface area contributed by atoms with Gasteiger partial charge in [-0.25, -0.2) is 0 Å². The van der Waals surface area contributed by atoms with E-state index in [4.69, 9.17) is 5.73 Å². The van der Waals surface area contributed by atoms with Gasteiger partial charge >= 0.3 is 0 Å². The van der Waals surface area contributed by atoms with E-state index in [2.05, 4.69) is 48.3 Å². The van der Waals surface area contributed by atoms with Crippen LogP contribution in [0.2, 0.25) is 0 Å². The fourth-order valence-electron chi connectivity index (χ4n) is 2.87. The molecule has 1 aromatic carbocycles. The Balaban J connectivity index is 1.77. The zero-order valence-electron chi connectivity index (χ0n) is 14.5. The summed E-state index contributed by atoms with van der Waals surface area (Å²) in [6, 6.07) is 8.56. The van der Waals surface area contributed by atoms with Crippen molar-refractivity contribution in [3.05, 3.63) is 35.4 Å². The number of benzene rings is 1. The molecule has 6 heteroatoms. The van der Waals surface area contributed by atoms with E-state index in [0.717, 1.165) is 19.5 Å². The topological polar surface area (TPSA) is 75.4 Å². The van der Waals surface area contributed by atoms with Crippen LogP contribution in [0.15, 0.2) is 24.3 Å². The highest BCUT2D eigenvalue weighted by molar-refractivity contribution is 7.99. The summed E-state index contributed by atoms with van der Waals surface area (Å²) in [4.78, 5) is 25.0. The van der Waals surface area contributed by atoms with Gasteiger partial charge in [-0.05, 0) is 31.4 Å². The van der Waals surface area contributed by atoms with Crippen molar-refractivity contribution >= 4 is 23.6 Å². The zero-order chi connectivity index (χ0) is 17.6. The van der Waals surface area contributed by atoms with Gasteiger partial charge in [0.2, 0.25) is 11.8 Å². The van der Waals surface area contributed by atoms with Gasteiger partial charge in [-0.3, -0.25) is 14.5 Å². The number of carbonyl (C=O) groups is 2. The SMILES string of the molecule is CC(C)(CNC(=O)CCSCC(N)=O)N1CCc2ccccc2C1. The van der Waals surface area contributed by atoms with Gasteiger partial charge in [0.15, 0.2) is 0 Å². The third kappa shape index (κ3) is 5.53. The van der Waals surface area contributed by atoms with Crippen molar-refractivity contribution in [2.24, 2.45) is 5.73 Å². The van der Waals surface area contributed by atoms with Gasteiger partial charge in [0, 0.05) is 37.3 Å². The number of nitrogens with two attached hydrogens (primary N) is 1. The third-order valence-electron chi connectivity index (χ3n) is 4.42. The first kappa shape index (κ1) is 18.8. The van der Waals surface area contributed by atoms with Crippen molar-refractivity contribution in [3.63, 3.8) is 0 Å². The minimum absolute atomic E-state index is 0.0254. The summed E-state index contributed by atoms with van der Waals surface area (Å²) in [7, 11) is 0. The van der Waals surface area contributed by atoms with Crippen LogP contribution in [0.4, 0.5) is 0 Å². The fraction of sp³-hybridized carbons (Fsp3) is 0.556. The number of nitrogens with zero attached hydrogens (tertiary/aromatic N) is 1. The highest BCUT2D eigenvalue weighted by Crippen LogP contribution is 2.24. The molecule has 0 aromatic heterocycles. The van der Waals surface area contributed by atoms with E-state index in [9.17, 15) is 9.59 Å². The fourth-order valence-corrected chi connectivity index (χ4v) is 3.54. The molecular formula is C18H27N3O2S. The van der Waals surface area contributed by atoms with E-state index in [0.29, 0.717) is 18.7 Å². The van der Waals surface area contributed by atoms with Gasteiger partial charge < -0.3 is 11.1 Å². The van der Waals surface area contributed by atoms with Crippen LogP contribution >= 0.6 is 11.8 Å². The Labute approximate surface area is 148 Å². The lowest BCUT2D eigenvalue weighted by molar-refractivity contribution is -0.121. The lowest BCUT2D eigenvalue weighted by atomic mass is 9.94. The molecule has 24 heavy (non-hydrogen) atoms. The molecular weight excluding hydrogens is 322 g/mol. The highest BCUT2D eigenvalue weighted by Gasteiger charge is 2.29. The monoisotopic (exact) mass is 349 g/mol. The van der Waals surface area contributed by atoms with Crippen LogP contribution in [-0.4, -0.2) is 46.8 Å². The predicted octanol–water partition coefficient (Wildman–Crippen LogP) is 1.55. The number of primary amides is 1. The minimum atomic E-state index is -0.341. The van der Waals surface area contributed by atoms with E-state index >= 15 is 0 Å². The molecule has 3 N–H and O–H groups in total. The summed E-state index contributed by atoms with van der Waals surface area (Å²) >= 11 is 1.40. The first-order valence-electron chi connectivity index (χ1n) is 8.33. The summed E-state index contributed by atoms with van der Waals surface area (Å²) < 4.78 is 0. The zero-order valence-corrected chi connectivity index (χ0v) is 15.3. The van der Waals surface area contributed by atoms with E-state index < -0.39 is 0 Å². The number of amides is 2. The first-order valence-corrected chi connectivity index (χ1v) is 9.48. The van der Waals surface area contributed by atoms with Crippen LogP contribution < -0.4 is 11.1 Å². The van der Waals surface area contributed by atoms with Gasteiger partial charge in [-0.1, -0.05) is 24.3 Å². The van der Waals surface area contributed by atoms with Crippen molar-refractivity contribution in [3.8, 4) is 0 Å². The predicted molar refractivity (Wildman–Crippen MR) is 98.8 cm³/mol. The standard InChI is InChI=1S/C18H27N3O2S/c1-18(2,13-20-17(23)8-10-24-12-16(19)22)21-9-7-14-5-3-4-6-15(14)11-21/h3-6H,7-13H2,1-2H3,(H2,19,22)(H,20,23). The summed E-state index contributed by atoms with van der Waals surface area (Å²) in [6.07, 6.45) is 1.47. The van der Waals surface area contributed by atoms with Crippen LogP contribution in [0, 0.1) is 0 Å². The first-order chi connectivity index (χ1) is 11.4. The molecule has 0 radical (unpaired) electrons. The smallest absolute Gasteiger partial charge is 0.227 e. The maximum atomic E-state index is 12.0. The van der Waals surface area contributed by atoms with Gasteiger partial charge in [0.25, 0.3) is 0 Å². The van der Waals surface area contributed by atoms with Crippen molar-refractivity contribution in [1.82, 2.24) is 10.2 Å². The number of hydrogen-bond acceptors (Lipinski definition) is 4. The Morgan fingerprint density at radius 3 is 2.71 bits per heavy atom. The molecule has 1 aromatic rings. The van der Waals surface area contributed by atoms with Crippen molar-refractivity contribution < 1.29 is 9.59 Å². The lowest BCUT2D eigenvalue weighted by Gasteiger charge is -2.41. The molecule has 0 saturated heterocycles. The van der Waals surface area contributed by atoms with Crippen molar-refractivity contribution in [1.29, 1.82) is 0 Å². The molecule has 132 valence electrons. The molecule has 5 nitrogen and oxygen atoms in total. The van der Waals surface area contributed by atoms with Gasteiger partial charge in [-0.15, -0.1) is 0 Å². The highest BCUT2D eigenvalue weighted by atomic mass is 32.2. The maximum absolute atomic E-state index is 12.0. The van der Waals surface area contributed by atoms with Crippen LogP contribution in [0.3, 0.4) is 0 Å². The quantitative estimate of drug-likeness (QED) is 0.698. The third-order valence-corrected chi connectivity index (χ3v) is 5.40. The lowest BCUT2D eigenvalue weighted by Crippen LogP contribution is -2.53. The molecule has 0 aliphatic carbocycles. The number of thioether (sulfide) groups is 1. The molecule has 0 saturated carbocycles. The molecule has 1 heterocycles. The average molecular weight is 350 g/mol. The van der Waals surface area contributed by atoms with Crippen LogP contribution in [0.5, 0.6) is 0 Å². The Morgan fingerprint density at radius 1 is 1.29 bits per heavy atom. The number of carbonyl (C=O) groups excluding carboxylic acids is 2. The van der Waals surface area contributed by atoms with E-state index in [1.54, 1.807) is 0 Å². The Bertz CT molecular complexity index is 589. The average Bonchev–Trinajstić information content (AvgIpc) is 2.56. The van der Waals surface area contributed by atoms with Crippen LogP contribution in [0.1, 0.15) is 31.4 Å². The summed E-state index contributed by atoms with van der Waals surface area (Å²) in [5.41, 5.74) is 7.79. The second kappa shape index (κ2) is 8.53. The molecule has 1 aliphatic rings. The molecule has 2 rings (SSSR count). The maximum Gasteiger partial charge on any atom is 0.227 e. The molecule has 0 spiro atoms. The molecule has 0 bridgehead atoms. The van der Waals surface area contributed by atoms with Crippen LogP contribution in [-0.2, 0) is 22.6 Å². The number of nitrogens with one attached hydrogen (secondary N) is 1. The number of hydrogen-bond donors (Lipinski definition) is 2. The number of fused-ring (bicyclic) bond motifs is 1. The Hall–Kier alpha value is -1.53.